The molecule has 0 saturated heterocycles. The van der Waals surface area contributed by atoms with E-state index in [1.807, 2.05) is 28.8 Å². The molecule has 1 amide bonds. The van der Waals surface area contributed by atoms with Gasteiger partial charge in [-0.05, 0) is 37.0 Å². The van der Waals surface area contributed by atoms with Crippen LogP contribution in [0.5, 0.6) is 0 Å². The number of carbonyl (C=O) groups is 2. The Hall–Kier alpha value is -2.43. The average molecular weight is 533 g/mol. The molecular weight excluding hydrogens is 512 g/mol. The largest absolute Gasteiger partial charge is 0.465 e. The molecule has 0 bridgehead atoms. The molecule has 7 nitrogen and oxygen atoms in total. The summed E-state index contributed by atoms with van der Waals surface area (Å²) in [4.78, 5) is 26.1. The normalized spacial score (nSPS) is 12.4. The van der Waals surface area contributed by atoms with Gasteiger partial charge in [-0.2, -0.15) is 0 Å². The number of thioether (sulfide) groups is 1. The zero-order valence-electron chi connectivity index (χ0n) is 17.4. The minimum absolute atomic E-state index is 0.138. The number of methoxy groups -OCH3 is 1. The third-order valence-electron chi connectivity index (χ3n) is 5.03. The van der Waals surface area contributed by atoms with Crippen LogP contribution in [0.15, 0.2) is 46.5 Å². The number of aryl methyl sites for hydroxylation is 1. The third-order valence-corrected chi connectivity index (χ3v) is 7.73. The molecule has 0 spiro atoms. The smallest absolute Gasteiger partial charge is 0.341 e. The van der Waals surface area contributed by atoms with Crippen molar-refractivity contribution in [2.24, 2.45) is 0 Å². The van der Waals surface area contributed by atoms with Crippen LogP contribution in [0.3, 0.4) is 0 Å². The highest BCUT2D eigenvalue weighted by molar-refractivity contribution is 9.10. The number of allylic oxidation sites excluding steroid dienone is 1. The fraction of sp³-hybridized carbons (Fsp3) is 0.273. The van der Waals surface area contributed by atoms with Crippen LogP contribution in [0.1, 0.15) is 27.2 Å². The Morgan fingerprint density at radius 1 is 1.31 bits per heavy atom. The highest BCUT2D eigenvalue weighted by Gasteiger charge is 2.28. The van der Waals surface area contributed by atoms with Gasteiger partial charge in [0.05, 0.1) is 18.4 Å². The summed E-state index contributed by atoms with van der Waals surface area (Å²) in [5.74, 6) is 0.234. The number of ether oxygens (including phenoxy) is 1. The van der Waals surface area contributed by atoms with Crippen LogP contribution in [-0.2, 0) is 28.9 Å². The molecule has 3 aromatic rings. The summed E-state index contributed by atoms with van der Waals surface area (Å²) in [5, 5.41) is 12.7. The van der Waals surface area contributed by atoms with Gasteiger partial charge in [0.2, 0.25) is 5.91 Å². The summed E-state index contributed by atoms with van der Waals surface area (Å²) < 4.78 is 7.85. The standard InChI is InChI=1S/C22H21BrN4O3S2/c1-3-11-27-19(13-7-9-14(23)10-8-13)25-26-22(27)31-12-17(28)24-20-18(21(29)30-2)15-5-4-6-16(15)32-20/h3,7-10H,1,4-6,11-12H2,2H3,(H,24,28). The number of hydrogen-bond donors (Lipinski definition) is 1. The lowest BCUT2D eigenvalue weighted by Gasteiger charge is -2.09. The van der Waals surface area contributed by atoms with Gasteiger partial charge in [0.1, 0.15) is 5.00 Å². The molecular formula is C22H21BrN4O3S2. The summed E-state index contributed by atoms with van der Waals surface area (Å²) >= 11 is 6.19. The fourth-order valence-electron chi connectivity index (χ4n) is 3.60. The van der Waals surface area contributed by atoms with Gasteiger partial charge in [-0.3, -0.25) is 9.36 Å². The molecule has 4 rings (SSSR count). The lowest BCUT2D eigenvalue weighted by Crippen LogP contribution is -2.16. The molecule has 0 fully saturated rings. The first-order valence-electron chi connectivity index (χ1n) is 9.97. The molecule has 2 aromatic heterocycles. The number of anilines is 1. The summed E-state index contributed by atoms with van der Waals surface area (Å²) in [7, 11) is 1.36. The highest BCUT2D eigenvalue weighted by Crippen LogP contribution is 2.39. The zero-order valence-corrected chi connectivity index (χ0v) is 20.6. The number of amides is 1. The van der Waals surface area contributed by atoms with Crippen LogP contribution in [0.25, 0.3) is 11.4 Å². The first-order chi connectivity index (χ1) is 15.5. The Morgan fingerprint density at radius 3 is 2.81 bits per heavy atom. The number of carbonyl (C=O) groups excluding carboxylic acids is 2. The number of benzene rings is 1. The molecule has 32 heavy (non-hydrogen) atoms. The first kappa shape index (κ1) is 22.8. The van der Waals surface area contributed by atoms with Crippen molar-refractivity contribution in [3.63, 3.8) is 0 Å². The van der Waals surface area contributed by atoms with Crippen LogP contribution in [0.4, 0.5) is 5.00 Å². The third kappa shape index (κ3) is 4.67. The zero-order chi connectivity index (χ0) is 22.7. The molecule has 2 heterocycles. The van der Waals surface area contributed by atoms with E-state index >= 15 is 0 Å². The number of halogens is 1. The van der Waals surface area contributed by atoms with E-state index in [4.69, 9.17) is 4.74 Å². The summed E-state index contributed by atoms with van der Waals surface area (Å²) in [6, 6.07) is 7.80. The summed E-state index contributed by atoms with van der Waals surface area (Å²) in [6.07, 6.45) is 4.56. The maximum absolute atomic E-state index is 12.7. The minimum Gasteiger partial charge on any atom is -0.465 e. The van der Waals surface area contributed by atoms with E-state index in [1.165, 1.54) is 30.2 Å². The number of fused-ring (bicyclic) bond motifs is 1. The second-order valence-corrected chi connectivity index (χ2v) is 10.1. The molecule has 0 radical (unpaired) electrons. The Bertz CT molecular complexity index is 1170. The number of nitrogens with zero attached hydrogens (tertiary/aromatic N) is 3. The maximum Gasteiger partial charge on any atom is 0.341 e. The van der Waals surface area contributed by atoms with Crippen molar-refractivity contribution in [1.82, 2.24) is 14.8 Å². The number of nitrogens with one attached hydrogen (secondary N) is 1. The van der Waals surface area contributed by atoms with Crippen LogP contribution in [0.2, 0.25) is 0 Å². The monoisotopic (exact) mass is 532 g/mol. The van der Waals surface area contributed by atoms with Gasteiger partial charge in [-0.25, -0.2) is 4.79 Å². The highest BCUT2D eigenvalue weighted by atomic mass is 79.9. The number of hydrogen-bond acceptors (Lipinski definition) is 7. The van der Waals surface area contributed by atoms with Crippen molar-refractivity contribution < 1.29 is 14.3 Å². The van der Waals surface area contributed by atoms with Crippen molar-refractivity contribution >= 4 is 55.9 Å². The van der Waals surface area contributed by atoms with Gasteiger partial charge in [-0.15, -0.1) is 28.1 Å². The van der Waals surface area contributed by atoms with E-state index in [0.29, 0.717) is 28.1 Å². The first-order valence-corrected chi connectivity index (χ1v) is 12.6. The van der Waals surface area contributed by atoms with E-state index in [1.54, 1.807) is 6.08 Å². The molecule has 1 N–H and O–H groups in total. The van der Waals surface area contributed by atoms with E-state index in [9.17, 15) is 9.59 Å². The lowest BCUT2D eigenvalue weighted by molar-refractivity contribution is -0.113. The molecule has 0 aliphatic heterocycles. The van der Waals surface area contributed by atoms with Crippen molar-refractivity contribution in [2.75, 3.05) is 18.2 Å². The molecule has 166 valence electrons. The van der Waals surface area contributed by atoms with Gasteiger partial charge in [0.15, 0.2) is 11.0 Å². The Morgan fingerprint density at radius 2 is 2.09 bits per heavy atom. The molecule has 1 aliphatic carbocycles. The summed E-state index contributed by atoms with van der Waals surface area (Å²) in [5.41, 5.74) is 2.43. The number of rotatable bonds is 8. The van der Waals surface area contributed by atoms with E-state index < -0.39 is 5.97 Å². The summed E-state index contributed by atoms with van der Waals surface area (Å²) in [6.45, 7) is 4.34. The molecule has 0 unspecified atom stereocenters. The van der Waals surface area contributed by atoms with Crippen LogP contribution >= 0.6 is 39.0 Å². The maximum atomic E-state index is 12.7. The second kappa shape index (κ2) is 10.0. The molecule has 10 heteroatoms. The Kier molecular flexibility index (Phi) is 7.12. The van der Waals surface area contributed by atoms with Crippen LogP contribution < -0.4 is 5.32 Å². The topological polar surface area (TPSA) is 86.1 Å². The SMILES string of the molecule is C=CCn1c(SCC(=O)Nc2sc3c(c2C(=O)OC)CCC3)nnc1-c1ccc(Br)cc1. The van der Waals surface area contributed by atoms with E-state index in [-0.39, 0.29) is 11.7 Å². The van der Waals surface area contributed by atoms with Crippen molar-refractivity contribution in [1.29, 1.82) is 0 Å². The number of esters is 1. The average Bonchev–Trinajstić information content (AvgIpc) is 3.47. The second-order valence-electron chi connectivity index (χ2n) is 7.10. The van der Waals surface area contributed by atoms with E-state index in [2.05, 4.69) is 38.0 Å². The fourth-order valence-corrected chi connectivity index (χ4v) is 5.91. The molecule has 0 saturated carbocycles. The molecule has 0 atom stereocenters. The number of aromatic nitrogens is 3. The van der Waals surface area contributed by atoms with Crippen LogP contribution in [0, 0.1) is 0 Å². The molecule has 1 aliphatic rings. The predicted octanol–water partition coefficient (Wildman–Crippen LogP) is 4.96. The Balaban J connectivity index is 1.49. The van der Waals surface area contributed by atoms with Gasteiger partial charge in [0, 0.05) is 21.5 Å². The lowest BCUT2D eigenvalue weighted by atomic mass is 10.1. The van der Waals surface area contributed by atoms with E-state index in [0.717, 1.165) is 39.7 Å². The predicted molar refractivity (Wildman–Crippen MR) is 130 cm³/mol. The van der Waals surface area contributed by atoms with Gasteiger partial charge >= 0.3 is 5.97 Å². The minimum atomic E-state index is -0.405. The van der Waals surface area contributed by atoms with Gasteiger partial charge in [0.25, 0.3) is 0 Å². The quantitative estimate of drug-likeness (QED) is 0.250. The van der Waals surface area contributed by atoms with Crippen LogP contribution in [-0.4, -0.2) is 39.5 Å². The van der Waals surface area contributed by atoms with Gasteiger partial charge in [-0.1, -0.05) is 45.9 Å². The Labute approximate surface area is 202 Å². The number of thiophene rings is 1. The van der Waals surface area contributed by atoms with Crippen molar-refractivity contribution in [2.45, 2.75) is 31.0 Å². The van der Waals surface area contributed by atoms with Gasteiger partial charge < -0.3 is 10.1 Å². The van der Waals surface area contributed by atoms with Crippen molar-refractivity contribution in [3.8, 4) is 11.4 Å². The molecule has 1 aromatic carbocycles. The van der Waals surface area contributed by atoms with Crippen molar-refractivity contribution in [3.05, 3.63) is 57.4 Å².